The molecule has 1 fully saturated rings. The highest BCUT2D eigenvalue weighted by molar-refractivity contribution is 5.76. The van der Waals surface area contributed by atoms with E-state index in [4.69, 9.17) is 4.84 Å². The molecule has 0 atom stereocenters. The van der Waals surface area contributed by atoms with Gasteiger partial charge in [-0.1, -0.05) is 18.9 Å². The van der Waals surface area contributed by atoms with Crippen LogP contribution in [0, 0.1) is 0 Å². The van der Waals surface area contributed by atoms with Crippen molar-refractivity contribution >= 4 is 5.91 Å². The average Bonchev–Trinajstić information content (AvgIpc) is 2.68. The first-order valence-electron chi connectivity index (χ1n) is 5.09. The van der Waals surface area contributed by atoms with Gasteiger partial charge in [0.05, 0.1) is 12.6 Å². The van der Waals surface area contributed by atoms with E-state index in [0.29, 0.717) is 6.54 Å². The number of hydroxylamine groups is 1. The lowest BCUT2D eigenvalue weighted by atomic mass is 10.3. The molecule has 0 radical (unpaired) electrons. The number of hydrogen-bond acceptors (Lipinski definition) is 3. The minimum atomic E-state index is -0.126. The van der Waals surface area contributed by atoms with Gasteiger partial charge >= 0.3 is 0 Å². The van der Waals surface area contributed by atoms with Crippen LogP contribution in [0.25, 0.3) is 0 Å². The Balaban J connectivity index is 1.99. The highest BCUT2D eigenvalue weighted by Gasteiger charge is 2.16. The summed E-state index contributed by atoms with van der Waals surface area (Å²) in [7, 11) is 0. The molecule has 4 heteroatoms. The van der Waals surface area contributed by atoms with E-state index < -0.39 is 0 Å². The molecule has 0 bridgehead atoms. The molecule has 0 aromatic carbocycles. The summed E-state index contributed by atoms with van der Waals surface area (Å²) in [6, 6.07) is 0. The molecule has 4 nitrogen and oxygen atoms in total. The van der Waals surface area contributed by atoms with Crippen molar-refractivity contribution in [1.29, 1.82) is 0 Å². The van der Waals surface area contributed by atoms with Crippen LogP contribution in [0.2, 0.25) is 0 Å². The lowest BCUT2D eigenvalue weighted by Gasteiger charge is -2.11. The molecule has 14 heavy (non-hydrogen) atoms. The van der Waals surface area contributed by atoms with Crippen LogP contribution < -0.4 is 10.8 Å². The van der Waals surface area contributed by atoms with Crippen LogP contribution in [0.5, 0.6) is 0 Å². The van der Waals surface area contributed by atoms with Crippen LogP contribution in [0.1, 0.15) is 25.7 Å². The second-order valence-electron chi connectivity index (χ2n) is 3.47. The minimum Gasteiger partial charge on any atom is -0.305 e. The molecule has 0 heterocycles. The Kier molecular flexibility index (Phi) is 5.25. The molecule has 80 valence electrons. The van der Waals surface area contributed by atoms with E-state index in [1.165, 1.54) is 12.8 Å². The molecule has 1 saturated carbocycles. The zero-order valence-electron chi connectivity index (χ0n) is 8.42. The quantitative estimate of drug-likeness (QED) is 0.376. The summed E-state index contributed by atoms with van der Waals surface area (Å²) in [5.41, 5.74) is 2.45. The number of rotatable bonds is 6. The van der Waals surface area contributed by atoms with Gasteiger partial charge < -0.3 is 5.32 Å². The average molecular weight is 198 g/mol. The zero-order valence-corrected chi connectivity index (χ0v) is 8.42. The fraction of sp³-hybridized carbons (Fsp3) is 0.700. The molecular formula is C10H18N2O2. The van der Waals surface area contributed by atoms with E-state index in [2.05, 4.69) is 17.4 Å². The van der Waals surface area contributed by atoms with Crippen LogP contribution in [-0.4, -0.2) is 25.1 Å². The Bertz CT molecular complexity index is 189. The van der Waals surface area contributed by atoms with Crippen molar-refractivity contribution in [3.63, 3.8) is 0 Å². The summed E-state index contributed by atoms with van der Waals surface area (Å²) in [6.07, 6.45) is 6.45. The topological polar surface area (TPSA) is 50.4 Å². The van der Waals surface area contributed by atoms with Crippen LogP contribution in [0.15, 0.2) is 12.7 Å². The van der Waals surface area contributed by atoms with Gasteiger partial charge in [-0.05, 0) is 12.8 Å². The lowest BCUT2D eigenvalue weighted by Crippen LogP contribution is -2.36. The number of carbonyl (C=O) groups is 1. The molecule has 0 saturated heterocycles. The normalized spacial score (nSPS) is 16.9. The maximum atomic E-state index is 11.1. The number of hydrogen-bond donors (Lipinski definition) is 2. The third kappa shape index (κ3) is 4.39. The number of amides is 1. The maximum absolute atomic E-state index is 11.1. The predicted octanol–water partition coefficient (Wildman–Crippen LogP) is 0.752. The van der Waals surface area contributed by atoms with Crippen molar-refractivity contribution < 1.29 is 9.63 Å². The fourth-order valence-electron chi connectivity index (χ4n) is 1.48. The van der Waals surface area contributed by atoms with Crippen LogP contribution in [-0.2, 0) is 9.63 Å². The smallest absolute Gasteiger partial charge is 0.257 e. The van der Waals surface area contributed by atoms with Crippen molar-refractivity contribution in [2.45, 2.75) is 31.8 Å². The third-order valence-electron chi connectivity index (χ3n) is 2.22. The molecular weight excluding hydrogens is 180 g/mol. The molecule has 0 aliphatic heterocycles. The van der Waals surface area contributed by atoms with Gasteiger partial charge in [0, 0.05) is 6.54 Å². The van der Waals surface area contributed by atoms with Crippen molar-refractivity contribution in [1.82, 2.24) is 10.8 Å². The first-order chi connectivity index (χ1) is 6.83. The molecule has 1 rings (SSSR count). The summed E-state index contributed by atoms with van der Waals surface area (Å²) in [6.45, 7) is 4.45. The number of nitrogens with one attached hydrogen (secondary N) is 2. The first-order valence-corrected chi connectivity index (χ1v) is 5.09. The SMILES string of the molecule is C=CCNCC(=O)NOC1CCCC1. The Morgan fingerprint density at radius 3 is 2.86 bits per heavy atom. The van der Waals surface area contributed by atoms with Crippen LogP contribution >= 0.6 is 0 Å². The maximum Gasteiger partial charge on any atom is 0.257 e. The van der Waals surface area contributed by atoms with E-state index >= 15 is 0 Å². The molecule has 0 aromatic rings. The van der Waals surface area contributed by atoms with Gasteiger partial charge in [0.25, 0.3) is 5.91 Å². The molecule has 2 N–H and O–H groups in total. The standard InChI is InChI=1S/C10H18N2O2/c1-2-7-11-8-10(13)12-14-9-5-3-4-6-9/h2,9,11H,1,3-8H2,(H,12,13). The van der Waals surface area contributed by atoms with E-state index in [9.17, 15) is 4.79 Å². The van der Waals surface area contributed by atoms with E-state index in [-0.39, 0.29) is 18.6 Å². The van der Waals surface area contributed by atoms with E-state index in [0.717, 1.165) is 12.8 Å². The van der Waals surface area contributed by atoms with E-state index in [1.54, 1.807) is 6.08 Å². The van der Waals surface area contributed by atoms with Gasteiger partial charge in [-0.15, -0.1) is 6.58 Å². The Hall–Kier alpha value is -0.870. The third-order valence-corrected chi connectivity index (χ3v) is 2.22. The van der Waals surface area contributed by atoms with E-state index in [1.807, 2.05) is 0 Å². The zero-order chi connectivity index (χ0) is 10.2. The molecule has 0 spiro atoms. The monoisotopic (exact) mass is 198 g/mol. The van der Waals surface area contributed by atoms with Crippen LogP contribution in [0.3, 0.4) is 0 Å². The van der Waals surface area contributed by atoms with Crippen molar-refractivity contribution in [2.24, 2.45) is 0 Å². The molecule has 1 aliphatic carbocycles. The highest BCUT2D eigenvalue weighted by atomic mass is 16.7. The molecule has 1 aliphatic rings. The predicted molar refractivity (Wildman–Crippen MR) is 54.6 cm³/mol. The summed E-state index contributed by atoms with van der Waals surface area (Å²) >= 11 is 0. The summed E-state index contributed by atoms with van der Waals surface area (Å²) < 4.78 is 0. The highest BCUT2D eigenvalue weighted by Crippen LogP contribution is 2.19. The largest absolute Gasteiger partial charge is 0.305 e. The van der Waals surface area contributed by atoms with Crippen molar-refractivity contribution in [3.05, 3.63) is 12.7 Å². The summed E-state index contributed by atoms with van der Waals surface area (Å²) in [5, 5.41) is 2.90. The second kappa shape index (κ2) is 6.56. The van der Waals surface area contributed by atoms with Crippen molar-refractivity contribution in [2.75, 3.05) is 13.1 Å². The Morgan fingerprint density at radius 1 is 1.50 bits per heavy atom. The summed E-state index contributed by atoms with van der Waals surface area (Å²) in [5.74, 6) is -0.126. The van der Waals surface area contributed by atoms with Gasteiger partial charge in [0.1, 0.15) is 0 Å². The lowest BCUT2D eigenvalue weighted by molar-refractivity contribution is -0.137. The minimum absolute atomic E-state index is 0.126. The Morgan fingerprint density at radius 2 is 2.21 bits per heavy atom. The van der Waals surface area contributed by atoms with Crippen LogP contribution in [0.4, 0.5) is 0 Å². The number of carbonyl (C=O) groups excluding carboxylic acids is 1. The molecule has 1 amide bonds. The van der Waals surface area contributed by atoms with Gasteiger partial charge in [0.15, 0.2) is 0 Å². The fourth-order valence-corrected chi connectivity index (χ4v) is 1.48. The second-order valence-corrected chi connectivity index (χ2v) is 3.47. The molecule has 0 aromatic heterocycles. The first kappa shape index (κ1) is 11.2. The van der Waals surface area contributed by atoms with Gasteiger partial charge in [-0.3, -0.25) is 9.63 Å². The summed E-state index contributed by atoms with van der Waals surface area (Å²) in [4.78, 5) is 16.4. The van der Waals surface area contributed by atoms with Crippen molar-refractivity contribution in [3.8, 4) is 0 Å². The van der Waals surface area contributed by atoms with Gasteiger partial charge in [-0.2, -0.15) is 0 Å². The molecule has 0 unspecified atom stereocenters. The van der Waals surface area contributed by atoms with Gasteiger partial charge in [-0.25, -0.2) is 5.48 Å². The van der Waals surface area contributed by atoms with Gasteiger partial charge in [0.2, 0.25) is 0 Å². The Labute approximate surface area is 84.7 Å².